The van der Waals surface area contributed by atoms with Gasteiger partial charge in [-0.15, -0.1) is 0 Å². The van der Waals surface area contributed by atoms with E-state index in [0.717, 1.165) is 30.8 Å². The van der Waals surface area contributed by atoms with E-state index in [2.05, 4.69) is 58.8 Å². The van der Waals surface area contributed by atoms with Crippen molar-refractivity contribution in [2.45, 2.75) is 78.8 Å². The second-order valence-corrected chi connectivity index (χ2v) is 7.33. The third kappa shape index (κ3) is 3.76. The number of rotatable bonds is 7. The van der Waals surface area contributed by atoms with E-state index in [1.807, 2.05) is 0 Å². The summed E-state index contributed by atoms with van der Waals surface area (Å²) in [5.74, 6) is 2.60. The highest BCUT2D eigenvalue weighted by molar-refractivity contribution is 5.00. The van der Waals surface area contributed by atoms with Crippen LogP contribution in [-0.2, 0) is 0 Å². The fraction of sp³-hybridized carbons (Fsp3) is 1.00. The van der Waals surface area contributed by atoms with Gasteiger partial charge in [-0.25, -0.2) is 0 Å². The van der Waals surface area contributed by atoms with Gasteiger partial charge < -0.3 is 5.32 Å². The molecule has 0 amide bonds. The maximum absolute atomic E-state index is 3.71. The molecule has 0 aromatic carbocycles. The molecule has 0 bridgehead atoms. The number of hydrogen-bond donors (Lipinski definition) is 1. The van der Waals surface area contributed by atoms with Crippen molar-refractivity contribution in [2.75, 3.05) is 20.1 Å². The van der Waals surface area contributed by atoms with Crippen LogP contribution in [0.3, 0.4) is 0 Å². The number of likely N-dealkylation sites (N-methyl/N-ethyl adjacent to an activating group) is 2. The van der Waals surface area contributed by atoms with Crippen molar-refractivity contribution < 1.29 is 0 Å². The van der Waals surface area contributed by atoms with Crippen LogP contribution in [-0.4, -0.2) is 36.6 Å². The van der Waals surface area contributed by atoms with Crippen LogP contribution in [0.2, 0.25) is 0 Å². The summed E-state index contributed by atoms with van der Waals surface area (Å²) in [4.78, 5) is 2.66. The Hall–Kier alpha value is -0.0800. The average molecular weight is 283 g/mol. The summed E-state index contributed by atoms with van der Waals surface area (Å²) in [6.45, 7) is 16.6. The first-order valence-corrected chi connectivity index (χ1v) is 8.85. The predicted octanol–water partition coefficient (Wildman–Crippen LogP) is 4.16. The van der Waals surface area contributed by atoms with Crippen molar-refractivity contribution in [3.8, 4) is 0 Å². The third-order valence-corrected chi connectivity index (χ3v) is 5.87. The average Bonchev–Trinajstić information content (AvgIpc) is 2.39. The Morgan fingerprint density at radius 2 is 1.55 bits per heavy atom. The summed E-state index contributed by atoms with van der Waals surface area (Å²) >= 11 is 0. The predicted molar refractivity (Wildman–Crippen MR) is 90.1 cm³/mol. The standard InChI is InChI=1S/C18H38N2/c1-8-18(6,20(9-2)10-3)17(19-7)16-12-14(4)11-15(5)13-16/h14-17,19H,8-13H2,1-7H3. The zero-order valence-electron chi connectivity index (χ0n) is 15.0. The fourth-order valence-electron chi connectivity index (χ4n) is 4.92. The van der Waals surface area contributed by atoms with Crippen molar-refractivity contribution in [3.05, 3.63) is 0 Å². The lowest BCUT2D eigenvalue weighted by molar-refractivity contribution is 0.0276. The third-order valence-electron chi connectivity index (χ3n) is 5.87. The Labute approximate surface area is 127 Å². The minimum atomic E-state index is 0.277. The highest BCUT2D eigenvalue weighted by Gasteiger charge is 2.42. The van der Waals surface area contributed by atoms with Crippen molar-refractivity contribution in [2.24, 2.45) is 17.8 Å². The monoisotopic (exact) mass is 282 g/mol. The summed E-state index contributed by atoms with van der Waals surface area (Å²) in [6, 6.07) is 0.609. The first-order chi connectivity index (χ1) is 9.42. The molecule has 2 nitrogen and oxygen atoms in total. The molecule has 0 radical (unpaired) electrons. The normalized spacial score (nSPS) is 32.1. The van der Waals surface area contributed by atoms with Gasteiger partial charge in [-0.1, -0.05) is 34.6 Å². The number of hydrogen-bond acceptors (Lipinski definition) is 2. The highest BCUT2D eigenvalue weighted by atomic mass is 15.2. The Bertz CT molecular complexity index is 265. The molecule has 0 aliphatic heterocycles. The zero-order valence-corrected chi connectivity index (χ0v) is 15.0. The largest absolute Gasteiger partial charge is 0.315 e. The smallest absolute Gasteiger partial charge is 0.0334 e. The first-order valence-electron chi connectivity index (χ1n) is 8.85. The molecule has 4 unspecified atom stereocenters. The van der Waals surface area contributed by atoms with Crippen molar-refractivity contribution in [3.63, 3.8) is 0 Å². The zero-order chi connectivity index (χ0) is 15.3. The molecule has 0 saturated heterocycles. The maximum atomic E-state index is 3.71. The van der Waals surface area contributed by atoms with E-state index in [1.165, 1.54) is 25.7 Å². The van der Waals surface area contributed by atoms with Gasteiger partial charge in [0.05, 0.1) is 0 Å². The molecule has 4 atom stereocenters. The van der Waals surface area contributed by atoms with E-state index in [1.54, 1.807) is 0 Å². The lowest BCUT2D eigenvalue weighted by atomic mass is 9.68. The van der Waals surface area contributed by atoms with E-state index in [-0.39, 0.29) is 5.54 Å². The molecule has 1 fully saturated rings. The molecule has 1 aliphatic rings. The minimum absolute atomic E-state index is 0.277. The fourth-order valence-corrected chi connectivity index (χ4v) is 4.92. The molecule has 0 aromatic rings. The second kappa shape index (κ2) is 7.79. The molecule has 0 spiro atoms. The molecule has 1 saturated carbocycles. The van der Waals surface area contributed by atoms with Gasteiger partial charge in [-0.05, 0) is 70.5 Å². The van der Waals surface area contributed by atoms with E-state index in [4.69, 9.17) is 0 Å². The van der Waals surface area contributed by atoms with Gasteiger partial charge in [0.25, 0.3) is 0 Å². The Kier molecular flexibility index (Phi) is 7.00. The van der Waals surface area contributed by atoms with E-state index < -0.39 is 0 Å². The van der Waals surface area contributed by atoms with Crippen molar-refractivity contribution in [1.82, 2.24) is 10.2 Å². The number of nitrogens with zero attached hydrogens (tertiary/aromatic N) is 1. The molecule has 1 rings (SSSR count). The number of nitrogens with one attached hydrogen (secondary N) is 1. The van der Waals surface area contributed by atoms with Gasteiger partial charge >= 0.3 is 0 Å². The van der Waals surface area contributed by atoms with Crippen LogP contribution in [0.25, 0.3) is 0 Å². The van der Waals surface area contributed by atoms with Gasteiger partial charge in [0.2, 0.25) is 0 Å². The summed E-state index contributed by atoms with van der Waals surface area (Å²) < 4.78 is 0. The van der Waals surface area contributed by atoms with Gasteiger partial charge in [0, 0.05) is 11.6 Å². The SMILES string of the molecule is CCN(CC)C(C)(CC)C(NC)C1CC(C)CC(C)C1. The van der Waals surface area contributed by atoms with Crippen LogP contribution in [0, 0.1) is 17.8 Å². The van der Waals surface area contributed by atoms with E-state index in [0.29, 0.717) is 6.04 Å². The summed E-state index contributed by atoms with van der Waals surface area (Å²) in [5.41, 5.74) is 0.277. The molecular weight excluding hydrogens is 244 g/mol. The molecule has 0 heterocycles. The van der Waals surface area contributed by atoms with Gasteiger partial charge in [-0.2, -0.15) is 0 Å². The summed E-state index contributed by atoms with van der Waals surface area (Å²) in [5, 5.41) is 3.71. The molecular formula is C18H38N2. The quantitative estimate of drug-likeness (QED) is 0.754. The summed E-state index contributed by atoms with van der Waals surface area (Å²) in [7, 11) is 2.17. The van der Waals surface area contributed by atoms with Crippen molar-refractivity contribution >= 4 is 0 Å². The van der Waals surface area contributed by atoms with Gasteiger partial charge in [0.15, 0.2) is 0 Å². The molecule has 2 heteroatoms. The van der Waals surface area contributed by atoms with E-state index >= 15 is 0 Å². The van der Waals surface area contributed by atoms with Crippen LogP contribution < -0.4 is 5.32 Å². The van der Waals surface area contributed by atoms with Gasteiger partial charge in [-0.3, -0.25) is 4.90 Å². The Balaban J connectivity index is 2.96. The lowest BCUT2D eigenvalue weighted by Crippen LogP contribution is -2.62. The second-order valence-electron chi connectivity index (χ2n) is 7.33. The molecule has 0 aromatic heterocycles. The summed E-state index contributed by atoms with van der Waals surface area (Å²) in [6.07, 6.45) is 5.43. The molecule has 20 heavy (non-hydrogen) atoms. The molecule has 1 N–H and O–H groups in total. The lowest BCUT2D eigenvalue weighted by Gasteiger charge is -2.50. The van der Waals surface area contributed by atoms with E-state index in [9.17, 15) is 0 Å². The Morgan fingerprint density at radius 3 is 1.90 bits per heavy atom. The molecule has 120 valence electrons. The van der Waals surface area contributed by atoms with Crippen LogP contribution >= 0.6 is 0 Å². The first kappa shape index (κ1) is 18.0. The Morgan fingerprint density at radius 1 is 1.05 bits per heavy atom. The highest BCUT2D eigenvalue weighted by Crippen LogP contribution is 2.39. The van der Waals surface area contributed by atoms with Crippen LogP contribution in [0.15, 0.2) is 0 Å². The van der Waals surface area contributed by atoms with Crippen molar-refractivity contribution in [1.29, 1.82) is 0 Å². The van der Waals surface area contributed by atoms with Crippen LogP contribution in [0.4, 0.5) is 0 Å². The van der Waals surface area contributed by atoms with Crippen LogP contribution in [0.1, 0.15) is 67.2 Å². The topological polar surface area (TPSA) is 15.3 Å². The minimum Gasteiger partial charge on any atom is -0.315 e. The van der Waals surface area contributed by atoms with Gasteiger partial charge in [0.1, 0.15) is 0 Å². The molecule has 1 aliphatic carbocycles. The maximum Gasteiger partial charge on any atom is 0.0334 e. The van der Waals surface area contributed by atoms with Crippen LogP contribution in [0.5, 0.6) is 0 Å².